The molecular formula is C7H14ClF2NO2. The Kier molecular flexibility index (Phi) is 9.50. The van der Waals surface area contributed by atoms with Gasteiger partial charge in [0.25, 0.3) is 0 Å². The maximum Gasteiger partial charge on any atom is 0.310 e. The fourth-order valence-corrected chi connectivity index (χ4v) is 0.764. The van der Waals surface area contributed by atoms with E-state index in [9.17, 15) is 13.6 Å². The average Bonchev–Trinajstić information content (AvgIpc) is 2.00. The molecule has 3 nitrogen and oxygen atoms in total. The van der Waals surface area contributed by atoms with E-state index in [1.807, 2.05) is 0 Å². The van der Waals surface area contributed by atoms with Gasteiger partial charge < -0.3 is 10.5 Å². The lowest BCUT2D eigenvalue weighted by Crippen LogP contribution is -2.27. The first-order valence-corrected chi connectivity index (χ1v) is 3.76. The quantitative estimate of drug-likeness (QED) is 0.704. The Morgan fingerprint density at radius 3 is 2.38 bits per heavy atom. The van der Waals surface area contributed by atoms with Crippen LogP contribution in [0.15, 0.2) is 0 Å². The first-order chi connectivity index (χ1) is 5.61. The lowest BCUT2D eigenvalue weighted by molar-refractivity contribution is -0.149. The van der Waals surface area contributed by atoms with E-state index in [2.05, 4.69) is 4.74 Å². The third kappa shape index (κ3) is 6.72. The second-order valence-corrected chi connectivity index (χ2v) is 2.31. The monoisotopic (exact) mass is 217 g/mol. The predicted molar refractivity (Wildman–Crippen MR) is 47.0 cm³/mol. The summed E-state index contributed by atoms with van der Waals surface area (Å²) in [6.07, 6.45) is -3.03. The van der Waals surface area contributed by atoms with Crippen molar-refractivity contribution < 1.29 is 18.3 Å². The molecule has 0 amide bonds. The lowest BCUT2D eigenvalue weighted by atomic mass is 10.1. The standard InChI is InChI=1S/C7H13F2NO2.ClH/c1-2-12-7(11)5(4-10)3-6(8)9;/h5-6H,2-4,10H2,1H3;1H. The molecule has 0 saturated carbocycles. The molecule has 0 aromatic rings. The molecule has 0 bridgehead atoms. The molecule has 0 aliphatic rings. The number of halogens is 3. The zero-order valence-electron chi connectivity index (χ0n) is 7.33. The summed E-state index contributed by atoms with van der Waals surface area (Å²) in [5.41, 5.74) is 5.12. The van der Waals surface area contributed by atoms with Crippen molar-refractivity contribution in [1.29, 1.82) is 0 Å². The molecular weight excluding hydrogens is 204 g/mol. The molecule has 0 rings (SSSR count). The third-order valence-corrected chi connectivity index (χ3v) is 1.37. The molecule has 13 heavy (non-hydrogen) atoms. The molecule has 0 saturated heterocycles. The van der Waals surface area contributed by atoms with E-state index in [0.29, 0.717) is 0 Å². The first kappa shape index (κ1) is 15.1. The van der Waals surface area contributed by atoms with E-state index >= 15 is 0 Å². The van der Waals surface area contributed by atoms with Gasteiger partial charge in [0.15, 0.2) is 0 Å². The van der Waals surface area contributed by atoms with Crippen molar-refractivity contribution in [2.45, 2.75) is 19.8 Å². The van der Waals surface area contributed by atoms with Crippen LogP contribution in [0.2, 0.25) is 0 Å². The lowest BCUT2D eigenvalue weighted by Gasteiger charge is -2.11. The molecule has 0 radical (unpaired) electrons. The Hall–Kier alpha value is -0.420. The van der Waals surface area contributed by atoms with Crippen LogP contribution < -0.4 is 5.73 Å². The largest absolute Gasteiger partial charge is 0.466 e. The smallest absolute Gasteiger partial charge is 0.310 e. The Morgan fingerprint density at radius 1 is 1.54 bits per heavy atom. The number of alkyl halides is 2. The number of carbonyl (C=O) groups is 1. The van der Waals surface area contributed by atoms with Crippen LogP contribution in [0.3, 0.4) is 0 Å². The van der Waals surface area contributed by atoms with Crippen molar-refractivity contribution in [3.8, 4) is 0 Å². The van der Waals surface area contributed by atoms with Gasteiger partial charge in [-0.05, 0) is 6.92 Å². The maximum absolute atomic E-state index is 11.8. The fraction of sp³-hybridized carbons (Fsp3) is 0.857. The van der Waals surface area contributed by atoms with Gasteiger partial charge in [-0.15, -0.1) is 12.4 Å². The predicted octanol–water partition coefficient (Wildman–Crippen LogP) is 1.20. The van der Waals surface area contributed by atoms with Crippen LogP contribution in [-0.2, 0) is 9.53 Å². The van der Waals surface area contributed by atoms with Gasteiger partial charge in [0, 0.05) is 13.0 Å². The minimum Gasteiger partial charge on any atom is -0.466 e. The molecule has 6 heteroatoms. The van der Waals surface area contributed by atoms with E-state index in [4.69, 9.17) is 5.73 Å². The summed E-state index contributed by atoms with van der Waals surface area (Å²) < 4.78 is 28.2. The Labute approximate surface area is 82.0 Å². The average molecular weight is 218 g/mol. The van der Waals surface area contributed by atoms with E-state index < -0.39 is 24.7 Å². The van der Waals surface area contributed by atoms with Crippen molar-refractivity contribution >= 4 is 18.4 Å². The van der Waals surface area contributed by atoms with E-state index in [1.54, 1.807) is 6.92 Å². The van der Waals surface area contributed by atoms with Crippen LogP contribution in [-0.4, -0.2) is 25.5 Å². The maximum atomic E-state index is 11.8. The highest BCUT2D eigenvalue weighted by atomic mass is 35.5. The second kappa shape index (κ2) is 8.19. The molecule has 0 heterocycles. The van der Waals surface area contributed by atoms with Crippen LogP contribution in [0.5, 0.6) is 0 Å². The highest BCUT2D eigenvalue weighted by Gasteiger charge is 2.22. The number of esters is 1. The number of nitrogens with two attached hydrogens (primary N) is 1. The number of carbonyl (C=O) groups excluding carboxylic acids is 1. The van der Waals surface area contributed by atoms with Crippen molar-refractivity contribution in [3.05, 3.63) is 0 Å². The molecule has 0 aromatic carbocycles. The minimum absolute atomic E-state index is 0. The van der Waals surface area contributed by atoms with Crippen molar-refractivity contribution in [3.63, 3.8) is 0 Å². The van der Waals surface area contributed by atoms with E-state index in [-0.39, 0.29) is 25.6 Å². The Morgan fingerprint density at radius 2 is 2.08 bits per heavy atom. The van der Waals surface area contributed by atoms with Crippen LogP contribution in [0.1, 0.15) is 13.3 Å². The number of rotatable bonds is 5. The van der Waals surface area contributed by atoms with Gasteiger partial charge in [0.05, 0.1) is 12.5 Å². The topological polar surface area (TPSA) is 52.3 Å². The van der Waals surface area contributed by atoms with Gasteiger partial charge in [0.1, 0.15) is 0 Å². The number of hydrogen-bond acceptors (Lipinski definition) is 3. The van der Waals surface area contributed by atoms with E-state index in [1.165, 1.54) is 0 Å². The molecule has 0 aliphatic carbocycles. The normalized spacial score (nSPS) is 12.1. The summed E-state index contributed by atoms with van der Waals surface area (Å²) >= 11 is 0. The van der Waals surface area contributed by atoms with Crippen LogP contribution in [0.4, 0.5) is 8.78 Å². The van der Waals surface area contributed by atoms with Crippen molar-refractivity contribution in [2.24, 2.45) is 11.7 Å². The van der Waals surface area contributed by atoms with Crippen molar-refractivity contribution in [2.75, 3.05) is 13.2 Å². The van der Waals surface area contributed by atoms with Crippen LogP contribution in [0, 0.1) is 5.92 Å². The zero-order valence-corrected chi connectivity index (χ0v) is 8.15. The molecule has 1 atom stereocenters. The van der Waals surface area contributed by atoms with Crippen molar-refractivity contribution in [1.82, 2.24) is 0 Å². The highest BCUT2D eigenvalue weighted by molar-refractivity contribution is 5.85. The summed E-state index contributed by atoms with van der Waals surface area (Å²) in [6.45, 7) is 1.72. The fourth-order valence-electron chi connectivity index (χ4n) is 0.764. The Bertz CT molecular complexity index is 146. The first-order valence-electron chi connectivity index (χ1n) is 3.76. The molecule has 2 N–H and O–H groups in total. The molecule has 0 fully saturated rings. The Balaban J connectivity index is 0. The van der Waals surface area contributed by atoms with Gasteiger partial charge in [-0.2, -0.15) is 0 Å². The van der Waals surface area contributed by atoms with Gasteiger partial charge in [-0.3, -0.25) is 4.79 Å². The molecule has 80 valence electrons. The molecule has 0 spiro atoms. The summed E-state index contributed by atoms with van der Waals surface area (Å²) in [5, 5.41) is 0. The van der Waals surface area contributed by atoms with Gasteiger partial charge in [0.2, 0.25) is 6.43 Å². The molecule has 0 aliphatic heterocycles. The molecule has 1 unspecified atom stereocenters. The second-order valence-electron chi connectivity index (χ2n) is 2.31. The van der Waals surface area contributed by atoms with E-state index in [0.717, 1.165) is 0 Å². The molecule has 0 aromatic heterocycles. The zero-order chi connectivity index (χ0) is 9.56. The van der Waals surface area contributed by atoms with Gasteiger partial charge in [-0.25, -0.2) is 8.78 Å². The number of ether oxygens (including phenoxy) is 1. The summed E-state index contributed by atoms with van der Waals surface area (Å²) in [5.74, 6) is -1.51. The van der Waals surface area contributed by atoms with Gasteiger partial charge >= 0.3 is 5.97 Å². The summed E-state index contributed by atoms with van der Waals surface area (Å²) in [7, 11) is 0. The SMILES string of the molecule is CCOC(=O)C(CN)CC(F)F.Cl. The minimum atomic E-state index is -2.51. The summed E-state index contributed by atoms with van der Waals surface area (Å²) in [6, 6.07) is 0. The summed E-state index contributed by atoms with van der Waals surface area (Å²) in [4.78, 5) is 10.9. The van der Waals surface area contributed by atoms with Crippen LogP contribution >= 0.6 is 12.4 Å². The van der Waals surface area contributed by atoms with Gasteiger partial charge in [-0.1, -0.05) is 0 Å². The van der Waals surface area contributed by atoms with Crippen LogP contribution in [0.25, 0.3) is 0 Å². The number of hydrogen-bond donors (Lipinski definition) is 1. The highest BCUT2D eigenvalue weighted by Crippen LogP contribution is 2.11. The third-order valence-electron chi connectivity index (χ3n) is 1.37.